The summed E-state index contributed by atoms with van der Waals surface area (Å²) in [5.41, 5.74) is 3.54. The fourth-order valence-electron chi connectivity index (χ4n) is 4.20. The smallest absolute Gasteiger partial charge is 0.321 e. The van der Waals surface area contributed by atoms with Gasteiger partial charge >= 0.3 is 6.03 Å². The molecule has 3 heterocycles. The van der Waals surface area contributed by atoms with E-state index in [0.29, 0.717) is 26.3 Å². The predicted octanol–water partition coefficient (Wildman–Crippen LogP) is 3.85. The summed E-state index contributed by atoms with van der Waals surface area (Å²) in [6.45, 7) is 2.35. The Balaban J connectivity index is 1.42. The van der Waals surface area contributed by atoms with Crippen molar-refractivity contribution in [3.63, 3.8) is 0 Å². The number of para-hydroxylation sites is 1. The number of likely N-dealkylation sites (tertiary alicyclic amines) is 1. The maximum absolute atomic E-state index is 12.8. The van der Waals surface area contributed by atoms with Crippen LogP contribution in [0.25, 0.3) is 11.4 Å². The summed E-state index contributed by atoms with van der Waals surface area (Å²) in [4.78, 5) is 24.1. The highest BCUT2D eigenvalue weighted by molar-refractivity contribution is 5.89. The van der Waals surface area contributed by atoms with Crippen molar-refractivity contribution < 1.29 is 9.53 Å². The van der Waals surface area contributed by atoms with Crippen molar-refractivity contribution in [2.24, 2.45) is 0 Å². The molecular formula is C23H22N4O2. The highest BCUT2D eigenvalue weighted by Gasteiger charge is 2.46. The SMILES string of the molecule is O=C(Nc1ccccc1)N1CCC2(COCc3cnc(-c4ccccc4)nc32)C1. The minimum atomic E-state index is -0.284. The first kappa shape index (κ1) is 17.8. The highest BCUT2D eigenvalue weighted by atomic mass is 16.5. The molecule has 6 nitrogen and oxygen atoms in total. The van der Waals surface area contributed by atoms with E-state index in [1.54, 1.807) is 0 Å². The van der Waals surface area contributed by atoms with Gasteiger partial charge in [-0.3, -0.25) is 0 Å². The summed E-state index contributed by atoms with van der Waals surface area (Å²) < 4.78 is 5.89. The average molecular weight is 386 g/mol. The lowest BCUT2D eigenvalue weighted by Crippen LogP contribution is -2.42. The number of amides is 2. The van der Waals surface area contributed by atoms with E-state index in [1.165, 1.54) is 0 Å². The van der Waals surface area contributed by atoms with Gasteiger partial charge in [-0.25, -0.2) is 14.8 Å². The van der Waals surface area contributed by atoms with Crippen LogP contribution in [0, 0.1) is 0 Å². The molecule has 0 aliphatic carbocycles. The first-order valence-electron chi connectivity index (χ1n) is 9.84. The Bertz CT molecular complexity index is 1030. The summed E-state index contributed by atoms with van der Waals surface area (Å²) in [5.74, 6) is 0.720. The van der Waals surface area contributed by atoms with E-state index in [2.05, 4.69) is 10.3 Å². The van der Waals surface area contributed by atoms with Gasteiger partial charge in [0.2, 0.25) is 0 Å². The zero-order valence-electron chi connectivity index (χ0n) is 16.0. The molecule has 0 radical (unpaired) electrons. The van der Waals surface area contributed by atoms with Gasteiger partial charge in [-0.05, 0) is 18.6 Å². The molecule has 1 atom stereocenters. The van der Waals surface area contributed by atoms with Crippen LogP contribution in [0.3, 0.4) is 0 Å². The van der Waals surface area contributed by atoms with Crippen LogP contribution in [-0.4, -0.2) is 40.6 Å². The lowest BCUT2D eigenvalue weighted by atomic mass is 9.80. The van der Waals surface area contributed by atoms with Gasteiger partial charge in [-0.15, -0.1) is 0 Å². The number of fused-ring (bicyclic) bond motifs is 2. The average Bonchev–Trinajstić information content (AvgIpc) is 3.20. The minimum Gasteiger partial charge on any atom is -0.376 e. The Morgan fingerprint density at radius 3 is 2.62 bits per heavy atom. The zero-order valence-corrected chi connectivity index (χ0v) is 16.0. The van der Waals surface area contributed by atoms with E-state index in [1.807, 2.05) is 71.8 Å². The van der Waals surface area contributed by atoms with E-state index >= 15 is 0 Å². The van der Waals surface area contributed by atoms with Crippen molar-refractivity contribution in [1.29, 1.82) is 0 Å². The van der Waals surface area contributed by atoms with Crippen LogP contribution >= 0.6 is 0 Å². The number of carbonyl (C=O) groups is 1. The molecule has 1 N–H and O–H groups in total. The quantitative estimate of drug-likeness (QED) is 0.726. The fraction of sp³-hybridized carbons (Fsp3) is 0.261. The van der Waals surface area contributed by atoms with Crippen molar-refractivity contribution in [1.82, 2.24) is 14.9 Å². The van der Waals surface area contributed by atoms with Crippen LogP contribution in [0.15, 0.2) is 66.9 Å². The number of nitrogens with zero attached hydrogens (tertiary/aromatic N) is 3. The van der Waals surface area contributed by atoms with Crippen LogP contribution in [0.2, 0.25) is 0 Å². The molecule has 2 amide bonds. The Morgan fingerprint density at radius 2 is 1.83 bits per heavy atom. The Labute approximate surface area is 169 Å². The summed E-state index contributed by atoms with van der Waals surface area (Å²) in [6, 6.07) is 19.4. The van der Waals surface area contributed by atoms with Crippen LogP contribution in [0.5, 0.6) is 0 Å². The van der Waals surface area contributed by atoms with Gasteiger partial charge < -0.3 is 15.0 Å². The third kappa shape index (κ3) is 3.36. The molecule has 1 saturated heterocycles. The van der Waals surface area contributed by atoms with E-state index < -0.39 is 0 Å². The number of urea groups is 1. The van der Waals surface area contributed by atoms with Gasteiger partial charge in [0.15, 0.2) is 5.82 Å². The fourth-order valence-corrected chi connectivity index (χ4v) is 4.20. The van der Waals surface area contributed by atoms with Crippen LogP contribution < -0.4 is 5.32 Å². The third-order valence-corrected chi connectivity index (χ3v) is 5.70. The van der Waals surface area contributed by atoms with Crippen molar-refractivity contribution in [2.75, 3.05) is 25.0 Å². The van der Waals surface area contributed by atoms with Crippen molar-refractivity contribution >= 4 is 11.7 Å². The molecular weight excluding hydrogens is 364 g/mol. The summed E-state index contributed by atoms with van der Waals surface area (Å²) in [7, 11) is 0. The number of carbonyl (C=O) groups excluding carboxylic acids is 1. The number of aromatic nitrogens is 2. The van der Waals surface area contributed by atoms with E-state index in [0.717, 1.165) is 34.8 Å². The molecule has 0 bridgehead atoms. The number of hydrogen-bond donors (Lipinski definition) is 1. The number of benzene rings is 2. The van der Waals surface area contributed by atoms with Crippen LogP contribution in [0.4, 0.5) is 10.5 Å². The second-order valence-corrected chi connectivity index (χ2v) is 7.67. The van der Waals surface area contributed by atoms with E-state index in [9.17, 15) is 4.79 Å². The number of hydrogen-bond acceptors (Lipinski definition) is 4. The molecule has 1 unspecified atom stereocenters. The molecule has 3 aromatic rings. The molecule has 1 fully saturated rings. The van der Waals surface area contributed by atoms with Gasteiger partial charge in [-0.1, -0.05) is 48.5 Å². The van der Waals surface area contributed by atoms with Crippen molar-refractivity contribution in [3.05, 3.63) is 78.1 Å². The minimum absolute atomic E-state index is 0.0856. The molecule has 1 aromatic heterocycles. The normalized spacial score (nSPS) is 20.5. The second-order valence-electron chi connectivity index (χ2n) is 7.67. The Hall–Kier alpha value is -3.25. The molecule has 29 heavy (non-hydrogen) atoms. The second kappa shape index (κ2) is 7.29. The Kier molecular flexibility index (Phi) is 4.48. The summed E-state index contributed by atoms with van der Waals surface area (Å²) in [5, 5.41) is 2.98. The van der Waals surface area contributed by atoms with Gasteiger partial charge in [-0.2, -0.15) is 0 Å². The van der Waals surface area contributed by atoms with Gasteiger partial charge in [0.1, 0.15) is 0 Å². The number of rotatable bonds is 2. The number of ether oxygens (including phenoxy) is 1. The van der Waals surface area contributed by atoms with E-state index in [-0.39, 0.29) is 11.4 Å². The molecule has 5 rings (SSSR count). The van der Waals surface area contributed by atoms with Gasteiger partial charge in [0, 0.05) is 36.1 Å². The predicted molar refractivity (Wildman–Crippen MR) is 110 cm³/mol. The zero-order chi connectivity index (χ0) is 19.7. The number of anilines is 1. The van der Waals surface area contributed by atoms with Crippen molar-refractivity contribution in [3.8, 4) is 11.4 Å². The lowest BCUT2D eigenvalue weighted by Gasteiger charge is -2.34. The standard InChI is InChI=1S/C23H22N4O2/c28-22(25-19-9-5-2-6-10-19)27-12-11-23(15-27)16-29-14-18-13-24-21(26-20(18)23)17-7-3-1-4-8-17/h1-10,13H,11-12,14-16H2,(H,25,28). The largest absolute Gasteiger partial charge is 0.376 e. The van der Waals surface area contributed by atoms with Crippen LogP contribution in [-0.2, 0) is 16.8 Å². The van der Waals surface area contributed by atoms with Crippen molar-refractivity contribution in [2.45, 2.75) is 18.4 Å². The van der Waals surface area contributed by atoms with Crippen LogP contribution in [0.1, 0.15) is 17.7 Å². The van der Waals surface area contributed by atoms with E-state index in [4.69, 9.17) is 9.72 Å². The molecule has 0 saturated carbocycles. The summed E-state index contributed by atoms with van der Waals surface area (Å²) in [6.07, 6.45) is 2.70. The molecule has 2 aliphatic heterocycles. The lowest BCUT2D eigenvalue weighted by molar-refractivity contribution is 0.0521. The maximum atomic E-state index is 12.8. The summed E-state index contributed by atoms with van der Waals surface area (Å²) >= 11 is 0. The molecule has 6 heteroatoms. The maximum Gasteiger partial charge on any atom is 0.321 e. The molecule has 146 valence electrons. The molecule has 1 spiro atoms. The highest BCUT2D eigenvalue weighted by Crippen LogP contribution is 2.39. The molecule has 2 aliphatic rings. The number of nitrogens with one attached hydrogen (secondary N) is 1. The Morgan fingerprint density at radius 1 is 1.07 bits per heavy atom. The monoisotopic (exact) mass is 386 g/mol. The van der Waals surface area contributed by atoms with Gasteiger partial charge in [0.05, 0.1) is 24.3 Å². The molecule has 2 aromatic carbocycles. The first-order chi connectivity index (χ1) is 14.2. The topological polar surface area (TPSA) is 67.4 Å². The van der Waals surface area contributed by atoms with Gasteiger partial charge in [0.25, 0.3) is 0 Å². The third-order valence-electron chi connectivity index (χ3n) is 5.70. The first-order valence-corrected chi connectivity index (χ1v) is 9.84.